The van der Waals surface area contributed by atoms with Crippen molar-refractivity contribution >= 4 is 18.0 Å². The lowest BCUT2D eigenvalue weighted by Crippen LogP contribution is -2.48. The molecule has 1 rings (SSSR count). The number of carbonyl (C=O) groups is 3. The summed E-state index contributed by atoms with van der Waals surface area (Å²) in [5.41, 5.74) is -0.130. The molecule has 1 heterocycles. The fourth-order valence-electron chi connectivity index (χ4n) is 3.32. The Morgan fingerprint density at radius 3 is 2.19 bits per heavy atom. The van der Waals surface area contributed by atoms with E-state index < -0.39 is 23.7 Å². The number of amides is 1. The van der Waals surface area contributed by atoms with E-state index in [1.54, 1.807) is 26.8 Å². The minimum Gasteiger partial charge on any atom is -0.467 e. The zero-order valence-electron chi connectivity index (χ0n) is 17.7. The molecular weight excluding hydrogens is 350 g/mol. The normalized spacial score (nSPS) is 23.4. The summed E-state index contributed by atoms with van der Waals surface area (Å²) >= 11 is 0. The maximum Gasteiger partial charge on any atom is 0.411 e. The molecule has 0 spiro atoms. The average Bonchev–Trinajstić information content (AvgIpc) is 2.89. The second kappa shape index (κ2) is 9.24. The van der Waals surface area contributed by atoms with Crippen molar-refractivity contribution in [1.82, 2.24) is 4.90 Å². The Labute approximate surface area is 162 Å². The molecule has 0 saturated carbocycles. The first-order valence-electron chi connectivity index (χ1n) is 9.30. The molecule has 0 bridgehead atoms. The van der Waals surface area contributed by atoms with Crippen molar-refractivity contribution in [2.24, 2.45) is 11.8 Å². The summed E-state index contributed by atoms with van der Waals surface area (Å²) < 4.78 is 15.2. The molecule has 1 fully saturated rings. The van der Waals surface area contributed by atoms with E-state index in [2.05, 4.69) is 0 Å². The number of hydrogen-bond acceptors (Lipinski definition) is 6. The SMILES string of the molecule is COC(=O)/C(=C/C[C@@H]1[C@H](C)C[C@H](C(=O)OC)N1C(=O)OC(C)(C)C)C(C)C. The second-order valence-corrected chi connectivity index (χ2v) is 8.25. The maximum atomic E-state index is 12.8. The number of esters is 2. The first-order chi connectivity index (χ1) is 12.4. The molecule has 7 nitrogen and oxygen atoms in total. The number of nitrogens with zero attached hydrogens (tertiary/aromatic N) is 1. The molecule has 0 aromatic rings. The van der Waals surface area contributed by atoms with Crippen molar-refractivity contribution in [3.63, 3.8) is 0 Å². The zero-order valence-corrected chi connectivity index (χ0v) is 17.7. The molecule has 0 aromatic carbocycles. The van der Waals surface area contributed by atoms with Crippen molar-refractivity contribution in [3.8, 4) is 0 Å². The monoisotopic (exact) mass is 383 g/mol. The highest BCUT2D eigenvalue weighted by molar-refractivity contribution is 5.88. The summed E-state index contributed by atoms with van der Waals surface area (Å²) in [5, 5.41) is 0. The number of rotatable bonds is 5. The molecule has 154 valence electrons. The van der Waals surface area contributed by atoms with Gasteiger partial charge in [0, 0.05) is 11.6 Å². The number of likely N-dealkylation sites (tertiary alicyclic amines) is 1. The van der Waals surface area contributed by atoms with E-state index in [9.17, 15) is 14.4 Å². The van der Waals surface area contributed by atoms with Crippen molar-refractivity contribution in [3.05, 3.63) is 11.6 Å². The molecule has 0 aliphatic carbocycles. The minimum atomic E-state index is -0.695. The Hall–Kier alpha value is -2.05. The third-order valence-corrected chi connectivity index (χ3v) is 4.64. The van der Waals surface area contributed by atoms with E-state index in [1.807, 2.05) is 20.8 Å². The van der Waals surface area contributed by atoms with Gasteiger partial charge in [0.15, 0.2) is 0 Å². The van der Waals surface area contributed by atoms with E-state index in [0.717, 1.165) is 0 Å². The smallest absolute Gasteiger partial charge is 0.411 e. The van der Waals surface area contributed by atoms with Crippen LogP contribution in [-0.4, -0.2) is 54.8 Å². The van der Waals surface area contributed by atoms with Gasteiger partial charge in [0.2, 0.25) is 0 Å². The molecule has 3 atom stereocenters. The number of ether oxygens (including phenoxy) is 3. The van der Waals surface area contributed by atoms with Crippen LogP contribution in [-0.2, 0) is 23.8 Å². The van der Waals surface area contributed by atoms with E-state index >= 15 is 0 Å². The van der Waals surface area contributed by atoms with Crippen LogP contribution in [0.15, 0.2) is 11.6 Å². The summed E-state index contributed by atoms with van der Waals surface area (Å²) in [6.45, 7) is 11.1. The predicted molar refractivity (Wildman–Crippen MR) is 101 cm³/mol. The van der Waals surface area contributed by atoms with Gasteiger partial charge in [0.05, 0.1) is 14.2 Å². The molecule has 1 aliphatic heterocycles. The highest BCUT2D eigenvalue weighted by atomic mass is 16.6. The van der Waals surface area contributed by atoms with E-state index in [-0.39, 0.29) is 23.8 Å². The first-order valence-corrected chi connectivity index (χ1v) is 9.30. The van der Waals surface area contributed by atoms with Crippen molar-refractivity contribution in [2.45, 2.75) is 72.1 Å². The van der Waals surface area contributed by atoms with E-state index in [0.29, 0.717) is 18.4 Å². The van der Waals surface area contributed by atoms with Crippen LogP contribution in [0.1, 0.15) is 54.4 Å². The topological polar surface area (TPSA) is 82.1 Å². The average molecular weight is 383 g/mol. The minimum absolute atomic E-state index is 0.0134. The highest BCUT2D eigenvalue weighted by Gasteiger charge is 2.47. The molecule has 1 saturated heterocycles. The molecule has 27 heavy (non-hydrogen) atoms. The summed E-state index contributed by atoms with van der Waals surface area (Å²) in [7, 11) is 2.65. The molecule has 0 N–H and O–H groups in total. The first kappa shape index (κ1) is 23.0. The summed E-state index contributed by atoms with van der Waals surface area (Å²) in [6.07, 6.45) is 2.16. The van der Waals surface area contributed by atoms with Gasteiger partial charge >= 0.3 is 18.0 Å². The molecular formula is C20H33NO6. The van der Waals surface area contributed by atoms with Gasteiger partial charge in [0.1, 0.15) is 11.6 Å². The van der Waals surface area contributed by atoms with Crippen LogP contribution >= 0.6 is 0 Å². The Balaban J connectivity index is 3.17. The van der Waals surface area contributed by atoms with Gasteiger partial charge in [-0.15, -0.1) is 0 Å². The van der Waals surface area contributed by atoms with E-state index in [4.69, 9.17) is 14.2 Å². The van der Waals surface area contributed by atoms with Crippen LogP contribution in [0.2, 0.25) is 0 Å². The quantitative estimate of drug-likeness (QED) is 0.411. The standard InChI is InChI=1S/C20H33NO6/c1-12(2)14(17(22)25-7)9-10-15-13(3)11-16(18(23)26-8)21(15)19(24)27-20(4,5)6/h9,12-13,15-16H,10-11H2,1-8H3/b14-9+/t13-,15-,16-/m1/s1. The van der Waals surface area contributed by atoms with Gasteiger partial charge in [-0.25, -0.2) is 14.4 Å². The second-order valence-electron chi connectivity index (χ2n) is 8.25. The molecule has 0 unspecified atom stereocenters. The fraction of sp³-hybridized carbons (Fsp3) is 0.750. The Morgan fingerprint density at radius 2 is 1.74 bits per heavy atom. The van der Waals surface area contributed by atoms with E-state index in [1.165, 1.54) is 19.1 Å². The molecule has 1 aliphatic rings. The van der Waals surface area contributed by atoms with Gasteiger partial charge in [-0.3, -0.25) is 4.90 Å². The Morgan fingerprint density at radius 1 is 1.15 bits per heavy atom. The van der Waals surface area contributed by atoms with Crippen LogP contribution in [0.4, 0.5) is 4.79 Å². The number of hydrogen-bond donors (Lipinski definition) is 0. The Bertz CT molecular complexity index is 590. The van der Waals surface area contributed by atoms with Crippen LogP contribution in [0, 0.1) is 11.8 Å². The van der Waals surface area contributed by atoms with Gasteiger partial charge in [-0.05, 0) is 45.4 Å². The van der Waals surface area contributed by atoms with Gasteiger partial charge in [-0.1, -0.05) is 26.8 Å². The van der Waals surface area contributed by atoms with Gasteiger partial charge < -0.3 is 14.2 Å². The zero-order chi connectivity index (χ0) is 20.9. The van der Waals surface area contributed by atoms with Crippen LogP contribution in [0.25, 0.3) is 0 Å². The molecule has 0 aromatic heterocycles. The number of carbonyl (C=O) groups excluding carboxylic acids is 3. The van der Waals surface area contributed by atoms with Crippen LogP contribution < -0.4 is 0 Å². The largest absolute Gasteiger partial charge is 0.467 e. The maximum absolute atomic E-state index is 12.8. The number of methoxy groups -OCH3 is 2. The third kappa shape index (κ3) is 5.97. The van der Waals surface area contributed by atoms with Crippen LogP contribution in [0.5, 0.6) is 0 Å². The van der Waals surface area contributed by atoms with Crippen LogP contribution in [0.3, 0.4) is 0 Å². The predicted octanol–water partition coefficient (Wildman–Crippen LogP) is 3.32. The van der Waals surface area contributed by atoms with Crippen molar-refractivity contribution < 1.29 is 28.6 Å². The van der Waals surface area contributed by atoms with Crippen molar-refractivity contribution in [2.75, 3.05) is 14.2 Å². The summed E-state index contributed by atoms with van der Waals surface area (Å²) in [4.78, 5) is 38.5. The lowest BCUT2D eigenvalue weighted by Gasteiger charge is -2.32. The molecule has 1 amide bonds. The fourth-order valence-corrected chi connectivity index (χ4v) is 3.32. The molecule has 0 radical (unpaired) electrons. The van der Waals surface area contributed by atoms with Gasteiger partial charge in [-0.2, -0.15) is 0 Å². The summed E-state index contributed by atoms with van der Waals surface area (Å²) in [6, 6.07) is -0.971. The molecule has 7 heteroatoms. The lowest BCUT2D eigenvalue weighted by atomic mass is 9.95. The third-order valence-electron chi connectivity index (χ3n) is 4.64. The Kier molecular flexibility index (Phi) is 7.87. The highest BCUT2D eigenvalue weighted by Crippen LogP contribution is 2.34. The van der Waals surface area contributed by atoms with Crippen molar-refractivity contribution in [1.29, 1.82) is 0 Å². The summed E-state index contributed by atoms with van der Waals surface area (Å²) in [5.74, 6) is -0.815. The van der Waals surface area contributed by atoms with Gasteiger partial charge in [0.25, 0.3) is 0 Å². The lowest BCUT2D eigenvalue weighted by molar-refractivity contribution is -0.146.